The van der Waals surface area contributed by atoms with Gasteiger partial charge in [0.05, 0.1) is 12.3 Å². The van der Waals surface area contributed by atoms with Crippen molar-refractivity contribution in [1.82, 2.24) is 9.97 Å². The second kappa shape index (κ2) is 9.42. The Hall–Kier alpha value is -3.37. The number of benzene rings is 3. The number of nitrogens with one attached hydrogen (secondary N) is 1. The van der Waals surface area contributed by atoms with E-state index in [0.717, 1.165) is 39.8 Å². The molecule has 0 aliphatic heterocycles. The first kappa shape index (κ1) is 19.9. The highest BCUT2D eigenvalue weighted by Crippen LogP contribution is 2.23. The Morgan fingerprint density at radius 3 is 2.33 bits per heavy atom. The van der Waals surface area contributed by atoms with Gasteiger partial charge in [-0.2, -0.15) is 0 Å². The standard InChI is InChI=1S/C25H22ClN3O/c1-18-17-24(29-25(27-18)28-22-5-3-2-4-6-22)20-9-13-23(14-10-20)30-16-15-19-7-11-21(26)12-8-19/h2-14,17H,15-16H2,1H3,(H,27,28,29). The van der Waals surface area contributed by atoms with Crippen LogP contribution in [0.25, 0.3) is 11.3 Å². The van der Waals surface area contributed by atoms with E-state index in [2.05, 4.69) is 15.3 Å². The molecule has 0 atom stereocenters. The molecule has 30 heavy (non-hydrogen) atoms. The minimum absolute atomic E-state index is 0.583. The van der Waals surface area contributed by atoms with Crippen LogP contribution in [0.5, 0.6) is 5.75 Å². The highest BCUT2D eigenvalue weighted by molar-refractivity contribution is 6.30. The van der Waals surface area contributed by atoms with Crippen molar-refractivity contribution >= 4 is 23.2 Å². The molecule has 1 aromatic heterocycles. The maximum atomic E-state index is 5.92. The van der Waals surface area contributed by atoms with E-state index >= 15 is 0 Å². The van der Waals surface area contributed by atoms with Crippen molar-refractivity contribution < 1.29 is 4.74 Å². The van der Waals surface area contributed by atoms with Gasteiger partial charge in [0.15, 0.2) is 0 Å². The lowest BCUT2D eigenvalue weighted by molar-refractivity contribution is 0.322. The number of ether oxygens (including phenoxy) is 1. The Morgan fingerprint density at radius 1 is 0.867 bits per heavy atom. The largest absolute Gasteiger partial charge is 0.493 e. The fourth-order valence-corrected chi connectivity index (χ4v) is 3.21. The third kappa shape index (κ3) is 5.37. The van der Waals surface area contributed by atoms with Crippen molar-refractivity contribution in [3.8, 4) is 17.0 Å². The molecule has 0 unspecified atom stereocenters. The van der Waals surface area contributed by atoms with Gasteiger partial charge in [-0.3, -0.25) is 0 Å². The Morgan fingerprint density at radius 2 is 1.60 bits per heavy atom. The van der Waals surface area contributed by atoms with E-state index in [1.165, 1.54) is 5.56 Å². The third-order valence-corrected chi connectivity index (χ3v) is 4.86. The predicted octanol–water partition coefficient (Wildman–Crippen LogP) is 6.47. The maximum absolute atomic E-state index is 5.92. The molecule has 0 spiro atoms. The number of hydrogen-bond donors (Lipinski definition) is 1. The fourth-order valence-electron chi connectivity index (χ4n) is 3.08. The van der Waals surface area contributed by atoms with Crippen LogP contribution in [0.3, 0.4) is 0 Å². The van der Waals surface area contributed by atoms with Gasteiger partial charge in [-0.25, -0.2) is 9.97 Å². The van der Waals surface area contributed by atoms with Crippen molar-refractivity contribution in [3.63, 3.8) is 0 Å². The Kier molecular flexibility index (Phi) is 6.26. The van der Waals surface area contributed by atoms with Gasteiger partial charge in [-0.15, -0.1) is 0 Å². The molecule has 0 aliphatic rings. The van der Waals surface area contributed by atoms with Gasteiger partial charge in [-0.1, -0.05) is 41.9 Å². The summed E-state index contributed by atoms with van der Waals surface area (Å²) in [5.74, 6) is 1.42. The van der Waals surface area contributed by atoms with Crippen LogP contribution in [-0.4, -0.2) is 16.6 Å². The number of aromatic nitrogens is 2. The highest BCUT2D eigenvalue weighted by atomic mass is 35.5. The van der Waals surface area contributed by atoms with Crippen LogP contribution in [0.2, 0.25) is 5.02 Å². The van der Waals surface area contributed by atoms with Crippen LogP contribution in [0, 0.1) is 6.92 Å². The van der Waals surface area contributed by atoms with Crippen LogP contribution in [-0.2, 0) is 6.42 Å². The Balaban J connectivity index is 1.41. The zero-order valence-electron chi connectivity index (χ0n) is 16.7. The van der Waals surface area contributed by atoms with E-state index in [1.807, 2.05) is 91.9 Å². The van der Waals surface area contributed by atoms with Gasteiger partial charge in [0, 0.05) is 28.4 Å². The van der Waals surface area contributed by atoms with E-state index in [-0.39, 0.29) is 0 Å². The SMILES string of the molecule is Cc1cc(-c2ccc(OCCc3ccc(Cl)cc3)cc2)nc(Nc2ccccc2)n1. The van der Waals surface area contributed by atoms with E-state index in [4.69, 9.17) is 16.3 Å². The van der Waals surface area contributed by atoms with Gasteiger partial charge >= 0.3 is 0 Å². The number of anilines is 2. The molecule has 4 rings (SSSR count). The van der Waals surface area contributed by atoms with Gasteiger partial charge in [-0.05, 0) is 67.1 Å². The van der Waals surface area contributed by atoms with Gasteiger partial charge in [0.2, 0.25) is 5.95 Å². The molecule has 5 heteroatoms. The van der Waals surface area contributed by atoms with Crippen LogP contribution in [0.15, 0.2) is 84.9 Å². The average Bonchev–Trinajstić information content (AvgIpc) is 2.76. The lowest BCUT2D eigenvalue weighted by Crippen LogP contribution is -2.01. The van der Waals surface area contributed by atoms with Crippen LogP contribution >= 0.6 is 11.6 Å². The molecule has 0 radical (unpaired) electrons. The van der Waals surface area contributed by atoms with E-state index in [0.29, 0.717) is 12.6 Å². The van der Waals surface area contributed by atoms with Gasteiger partial charge < -0.3 is 10.1 Å². The summed E-state index contributed by atoms with van der Waals surface area (Å²) in [5.41, 5.74) is 4.95. The number of aryl methyl sites for hydroxylation is 1. The van der Waals surface area contributed by atoms with Crippen molar-refractivity contribution in [1.29, 1.82) is 0 Å². The van der Waals surface area contributed by atoms with Gasteiger partial charge in [0.25, 0.3) is 0 Å². The molecule has 1 N–H and O–H groups in total. The summed E-state index contributed by atoms with van der Waals surface area (Å²) >= 11 is 5.92. The monoisotopic (exact) mass is 415 g/mol. The quantitative estimate of drug-likeness (QED) is 0.375. The molecule has 4 aromatic rings. The number of nitrogens with zero attached hydrogens (tertiary/aromatic N) is 2. The number of hydrogen-bond acceptors (Lipinski definition) is 4. The molecular formula is C25H22ClN3O. The van der Waals surface area contributed by atoms with Crippen molar-refractivity contribution in [2.24, 2.45) is 0 Å². The highest BCUT2D eigenvalue weighted by Gasteiger charge is 2.06. The zero-order chi connectivity index (χ0) is 20.8. The molecular weight excluding hydrogens is 394 g/mol. The number of para-hydroxylation sites is 1. The van der Waals surface area contributed by atoms with Crippen molar-refractivity contribution in [3.05, 3.63) is 101 Å². The van der Waals surface area contributed by atoms with E-state index in [1.54, 1.807) is 0 Å². The Labute approximate surface area is 181 Å². The summed E-state index contributed by atoms with van der Waals surface area (Å²) in [7, 11) is 0. The molecule has 0 saturated heterocycles. The van der Waals surface area contributed by atoms with Gasteiger partial charge in [0.1, 0.15) is 5.75 Å². The van der Waals surface area contributed by atoms with E-state index in [9.17, 15) is 0 Å². The minimum Gasteiger partial charge on any atom is -0.493 e. The first-order chi connectivity index (χ1) is 14.7. The third-order valence-electron chi connectivity index (χ3n) is 4.61. The summed E-state index contributed by atoms with van der Waals surface area (Å²) in [6, 6.07) is 27.7. The molecule has 0 aliphatic carbocycles. The van der Waals surface area contributed by atoms with Crippen molar-refractivity contribution in [2.75, 3.05) is 11.9 Å². The lowest BCUT2D eigenvalue weighted by Gasteiger charge is -2.10. The smallest absolute Gasteiger partial charge is 0.227 e. The van der Waals surface area contributed by atoms with Crippen molar-refractivity contribution in [2.45, 2.75) is 13.3 Å². The Bertz CT molecular complexity index is 1100. The number of rotatable bonds is 7. The van der Waals surface area contributed by atoms with Crippen LogP contribution in [0.1, 0.15) is 11.3 Å². The first-order valence-corrected chi connectivity index (χ1v) is 10.2. The molecule has 0 saturated carbocycles. The normalized spacial score (nSPS) is 10.6. The second-order valence-electron chi connectivity index (χ2n) is 6.96. The molecule has 1 heterocycles. The molecule has 0 bridgehead atoms. The summed E-state index contributed by atoms with van der Waals surface area (Å²) in [6.07, 6.45) is 0.832. The fraction of sp³-hybridized carbons (Fsp3) is 0.120. The van der Waals surface area contributed by atoms with Crippen LogP contribution < -0.4 is 10.1 Å². The molecule has 4 nitrogen and oxygen atoms in total. The minimum atomic E-state index is 0.583. The maximum Gasteiger partial charge on any atom is 0.227 e. The topological polar surface area (TPSA) is 47.0 Å². The molecule has 0 amide bonds. The zero-order valence-corrected chi connectivity index (χ0v) is 17.4. The molecule has 3 aromatic carbocycles. The van der Waals surface area contributed by atoms with Crippen LogP contribution in [0.4, 0.5) is 11.6 Å². The number of halogens is 1. The molecule has 0 fully saturated rings. The first-order valence-electron chi connectivity index (χ1n) is 9.81. The average molecular weight is 416 g/mol. The summed E-state index contributed by atoms with van der Waals surface area (Å²) < 4.78 is 5.88. The molecule has 150 valence electrons. The lowest BCUT2D eigenvalue weighted by atomic mass is 10.1. The summed E-state index contributed by atoms with van der Waals surface area (Å²) in [6.45, 7) is 2.58. The second-order valence-corrected chi connectivity index (χ2v) is 7.39. The predicted molar refractivity (Wildman–Crippen MR) is 123 cm³/mol. The summed E-state index contributed by atoms with van der Waals surface area (Å²) in [5, 5.41) is 4.01. The van der Waals surface area contributed by atoms with E-state index < -0.39 is 0 Å². The summed E-state index contributed by atoms with van der Waals surface area (Å²) in [4.78, 5) is 9.16.